The van der Waals surface area contributed by atoms with E-state index in [-0.39, 0.29) is 17.1 Å². The van der Waals surface area contributed by atoms with E-state index in [1.165, 1.54) is 28.3 Å². The Kier molecular flexibility index (Phi) is 4.60. The van der Waals surface area contributed by atoms with Gasteiger partial charge in [0.15, 0.2) is 0 Å². The third-order valence-electron chi connectivity index (χ3n) is 10.6. The van der Waals surface area contributed by atoms with E-state index in [1.807, 2.05) is 31.4 Å². The molecule has 184 valence electrons. The van der Waals surface area contributed by atoms with Crippen LogP contribution in [0.4, 0.5) is 0 Å². The Bertz CT molecular complexity index is 1270. The van der Waals surface area contributed by atoms with Gasteiger partial charge in [-0.05, 0) is 104 Å². The Morgan fingerprint density at radius 1 is 1.09 bits per heavy atom. The SMILES string of the molecule is CN(C)[C@H]1C[C@@]23CC[C@@]4(O2)C(=CC[C@@]2(C)C4CC[C@@H]2c2ccc4ccncc4c2)C=C3[C@@H](O)[C@@H]1O. The molecule has 1 aromatic carbocycles. The maximum Gasteiger partial charge on any atom is 0.105 e. The lowest BCUT2D eigenvalue weighted by atomic mass is 9.58. The molecule has 0 amide bonds. The van der Waals surface area contributed by atoms with Crippen molar-refractivity contribution in [3.05, 3.63) is 65.5 Å². The van der Waals surface area contributed by atoms with Crippen molar-refractivity contribution >= 4 is 10.8 Å². The van der Waals surface area contributed by atoms with Crippen molar-refractivity contribution in [1.29, 1.82) is 0 Å². The van der Waals surface area contributed by atoms with Crippen LogP contribution in [0.15, 0.2) is 60.0 Å². The molecule has 8 atom stereocenters. The monoisotopic (exact) mass is 472 g/mol. The molecule has 2 bridgehead atoms. The van der Waals surface area contributed by atoms with Crippen LogP contribution in [-0.2, 0) is 4.74 Å². The van der Waals surface area contributed by atoms with Crippen molar-refractivity contribution in [2.75, 3.05) is 14.1 Å². The first-order chi connectivity index (χ1) is 16.8. The zero-order valence-electron chi connectivity index (χ0n) is 20.9. The van der Waals surface area contributed by atoms with E-state index in [2.05, 4.69) is 48.3 Å². The Hall–Kier alpha value is -2.05. The summed E-state index contributed by atoms with van der Waals surface area (Å²) in [4.78, 5) is 6.40. The number of ether oxygens (including phenoxy) is 1. The highest BCUT2D eigenvalue weighted by molar-refractivity contribution is 5.82. The summed E-state index contributed by atoms with van der Waals surface area (Å²) in [7, 11) is 3.98. The van der Waals surface area contributed by atoms with Gasteiger partial charge in [-0.3, -0.25) is 4.98 Å². The van der Waals surface area contributed by atoms with Gasteiger partial charge in [0, 0.05) is 23.8 Å². The average Bonchev–Trinajstić information content (AvgIpc) is 3.37. The lowest BCUT2D eigenvalue weighted by Crippen LogP contribution is -2.61. The first-order valence-corrected chi connectivity index (χ1v) is 13.3. The number of aromatic nitrogens is 1. The second-order valence-electron chi connectivity index (χ2n) is 12.3. The van der Waals surface area contributed by atoms with E-state index in [1.54, 1.807) is 0 Å². The van der Waals surface area contributed by atoms with Gasteiger partial charge >= 0.3 is 0 Å². The van der Waals surface area contributed by atoms with Crippen molar-refractivity contribution in [3.8, 4) is 0 Å². The summed E-state index contributed by atoms with van der Waals surface area (Å²) in [5.74, 6) is 0.937. The van der Waals surface area contributed by atoms with Crippen LogP contribution >= 0.6 is 0 Å². The van der Waals surface area contributed by atoms with Gasteiger partial charge in [-0.1, -0.05) is 31.2 Å². The molecule has 2 aliphatic heterocycles. The van der Waals surface area contributed by atoms with Crippen LogP contribution in [0.25, 0.3) is 10.8 Å². The van der Waals surface area contributed by atoms with Gasteiger partial charge < -0.3 is 19.8 Å². The van der Waals surface area contributed by atoms with Gasteiger partial charge in [-0.2, -0.15) is 0 Å². The van der Waals surface area contributed by atoms with Gasteiger partial charge in [-0.25, -0.2) is 0 Å². The summed E-state index contributed by atoms with van der Waals surface area (Å²) in [6, 6.07) is 8.90. The standard InChI is InChI=1S/C30H36N2O3/c1-28-10-8-21-15-23-26(33)27(34)24(32(2)3)16-29(23)11-12-30(21,35-29)25(28)7-6-22(28)19-5-4-18-9-13-31-17-20(18)14-19/h4-5,8-9,13-15,17,22,24-27,33-34H,6-7,10-12,16H2,1-3H3/t22-,24+,25?,26-,27-,28-,29-,30-/m1/s1. The minimum Gasteiger partial charge on any atom is -0.388 e. The van der Waals surface area contributed by atoms with Crippen LogP contribution < -0.4 is 0 Å². The number of pyridine rings is 1. The number of hydrogen-bond acceptors (Lipinski definition) is 5. The summed E-state index contributed by atoms with van der Waals surface area (Å²) < 4.78 is 7.27. The van der Waals surface area contributed by atoms with Crippen molar-refractivity contribution < 1.29 is 14.9 Å². The second-order valence-corrected chi connectivity index (χ2v) is 12.3. The quantitative estimate of drug-likeness (QED) is 0.680. The van der Waals surface area contributed by atoms with Crippen LogP contribution in [0.3, 0.4) is 0 Å². The Morgan fingerprint density at radius 3 is 2.77 bits per heavy atom. The lowest BCUT2D eigenvalue weighted by molar-refractivity contribution is -0.165. The van der Waals surface area contributed by atoms with E-state index in [4.69, 9.17) is 4.74 Å². The van der Waals surface area contributed by atoms with Crippen LogP contribution in [-0.4, -0.2) is 63.6 Å². The molecule has 3 heterocycles. The largest absolute Gasteiger partial charge is 0.388 e. The summed E-state index contributed by atoms with van der Waals surface area (Å²) in [6.45, 7) is 2.49. The third-order valence-corrected chi connectivity index (χ3v) is 10.6. The number of benzene rings is 1. The number of allylic oxidation sites excluding steroid dienone is 1. The van der Waals surface area contributed by atoms with Gasteiger partial charge in [-0.15, -0.1) is 0 Å². The fraction of sp³-hybridized carbons (Fsp3) is 0.567. The molecular weight excluding hydrogens is 436 g/mol. The molecule has 3 fully saturated rings. The number of aliphatic hydroxyl groups excluding tert-OH is 2. The topological polar surface area (TPSA) is 65.8 Å². The molecule has 2 N–H and O–H groups in total. The predicted molar refractivity (Wildman–Crippen MR) is 136 cm³/mol. The smallest absolute Gasteiger partial charge is 0.105 e. The van der Waals surface area contributed by atoms with E-state index >= 15 is 0 Å². The van der Waals surface area contributed by atoms with Gasteiger partial charge in [0.25, 0.3) is 0 Å². The van der Waals surface area contributed by atoms with E-state index < -0.39 is 17.8 Å². The Morgan fingerprint density at radius 2 is 1.94 bits per heavy atom. The van der Waals surface area contributed by atoms with Crippen LogP contribution in [0.2, 0.25) is 0 Å². The predicted octanol–water partition coefficient (Wildman–Crippen LogP) is 4.35. The number of fused-ring (bicyclic) bond motifs is 2. The molecule has 2 spiro atoms. The fourth-order valence-electron chi connectivity index (χ4n) is 8.79. The van der Waals surface area contributed by atoms with Crippen molar-refractivity contribution in [1.82, 2.24) is 9.88 Å². The molecule has 35 heavy (non-hydrogen) atoms. The van der Waals surface area contributed by atoms with Gasteiger partial charge in [0.05, 0.1) is 17.3 Å². The molecule has 5 nitrogen and oxygen atoms in total. The van der Waals surface area contributed by atoms with Gasteiger partial charge in [0.2, 0.25) is 0 Å². The Labute approximate surface area is 207 Å². The maximum atomic E-state index is 11.2. The van der Waals surface area contributed by atoms with Crippen LogP contribution in [0.5, 0.6) is 0 Å². The molecule has 3 aliphatic carbocycles. The lowest BCUT2D eigenvalue weighted by Gasteiger charge is -2.56. The third kappa shape index (κ3) is 2.81. The normalized spacial score (nSPS) is 44.0. The van der Waals surface area contributed by atoms with Crippen LogP contribution in [0, 0.1) is 11.3 Å². The molecule has 2 saturated carbocycles. The zero-order valence-corrected chi connectivity index (χ0v) is 20.9. The van der Waals surface area contributed by atoms with Gasteiger partial charge in [0.1, 0.15) is 6.10 Å². The molecule has 2 aromatic rings. The van der Waals surface area contributed by atoms with Crippen molar-refractivity contribution in [2.45, 2.75) is 80.8 Å². The number of nitrogens with zero attached hydrogens (tertiary/aromatic N) is 2. The number of hydrogen-bond donors (Lipinski definition) is 2. The van der Waals surface area contributed by atoms with E-state index in [9.17, 15) is 10.2 Å². The van der Waals surface area contributed by atoms with E-state index in [0.717, 1.165) is 37.7 Å². The highest BCUT2D eigenvalue weighted by Gasteiger charge is 2.68. The highest BCUT2D eigenvalue weighted by Crippen LogP contribution is 2.69. The second kappa shape index (κ2) is 7.25. The highest BCUT2D eigenvalue weighted by atomic mass is 16.5. The molecule has 7 rings (SSSR count). The maximum absolute atomic E-state index is 11.2. The average molecular weight is 473 g/mol. The fourth-order valence-corrected chi connectivity index (χ4v) is 8.79. The molecule has 1 saturated heterocycles. The van der Waals surface area contributed by atoms with E-state index in [0.29, 0.717) is 11.8 Å². The first kappa shape index (κ1) is 22.2. The summed E-state index contributed by atoms with van der Waals surface area (Å²) in [5, 5.41) is 24.5. The minimum atomic E-state index is -0.871. The molecule has 1 aromatic heterocycles. The molecular formula is C30H36N2O3. The molecule has 1 unspecified atom stereocenters. The molecule has 0 radical (unpaired) electrons. The number of rotatable bonds is 2. The first-order valence-electron chi connectivity index (χ1n) is 13.3. The molecule has 5 aliphatic rings. The number of likely N-dealkylation sites (N-methyl/N-ethyl adjacent to an activating group) is 1. The van der Waals surface area contributed by atoms with Crippen molar-refractivity contribution in [3.63, 3.8) is 0 Å². The zero-order chi connectivity index (χ0) is 24.2. The van der Waals surface area contributed by atoms with Crippen LogP contribution in [0.1, 0.15) is 56.9 Å². The Balaban J connectivity index is 1.29. The number of aliphatic hydroxyl groups is 2. The molecule has 5 heteroatoms. The summed E-state index contributed by atoms with van der Waals surface area (Å²) in [5.41, 5.74) is 2.97. The summed E-state index contributed by atoms with van der Waals surface area (Å²) in [6.07, 6.45) is 12.8. The summed E-state index contributed by atoms with van der Waals surface area (Å²) >= 11 is 0. The van der Waals surface area contributed by atoms with Crippen molar-refractivity contribution in [2.24, 2.45) is 11.3 Å². The minimum absolute atomic E-state index is 0.111.